The second-order valence-corrected chi connectivity index (χ2v) is 5.72. The van der Waals surface area contributed by atoms with Gasteiger partial charge in [-0.15, -0.1) is 11.6 Å². The number of hydrogen-bond donors (Lipinski definition) is 0. The van der Waals surface area contributed by atoms with Gasteiger partial charge in [-0.25, -0.2) is 0 Å². The van der Waals surface area contributed by atoms with Crippen molar-refractivity contribution in [3.63, 3.8) is 0 Å². The quantitative estimate of drug-likeness (QED) is 0.751. The van der Waals surface area contributed by atoms with Crippen molar-refractivity contribution in [2.24, 2.45) is 0 Å². The zero-order valence-corrected chi connectivity index (χ0v) is 12.8. The van der Waals surface area contributed by atoms with Crippen molar-refractivity contribution in [3.8, 4) is 0 Å². The fraction of sp³-hybridized carbons (Fsp3) is 0.750. The molecule has 0 spiro atoms. The molecule has 0 unspecified atom stereocenters. The molecule has 1 fully saturated rings. The van der Waals surface area contributed by atoms with Crippen LogP contribution in [0.3, 0.4) is 0 Å². The van der Waals surface area contributed by atoms with E-state index in [0.29, 0.717) is 5.88 Å². The third-order valence-corrected chi connectivity index (χ3v) is 4.44. The molecule has 0 radical (unpaired) electrons. The van der Waals surface area contributed by atoms with Crippen LogP contribution in [-0.4, -0.2) is 33.1 Å². The van der Waals surface area contributed by atoms with Gasteiger partial charge in [0.1, 0.15) is 0 Å². The summed E-state index contributed by atoms with van der Waals surface area (Å²) in [5.74, 6) is 0.702. The van der Waals surface area contributed by atoms with Gasteiger partial charge in [-0.3, -0.25) is 9.58 Å². The lowest BCUT2D eigenvalue weighted by atomic mass is 10.3. The molecule has 1 aromatic rings. The second-order valence-electron chi connectivity index (χ2n) is 4.55. The van der Waals surface area contributed by atoms with Gasteiger partial charge in [-0.05, 0) is 42.6 Å². The van der Waals surface area contributed by atoms with E-state index in [1.54, 1.807) is 0 Å². The van der Waals surface area contributed by atoms with E-state index in [4.69, 9.17) is 11.6 Å². The van der Waals surface area contributed by atoms with Crippen LogP contribution in [0.1, 0.15) is 31.2 Å². The molecule has 1 heterocycles. The average Bonchev–Trinajstić information content (AvgIpc) is 3.11. The maximum Gasteiger partial charge on any atom is 0.0739 e. The van der Waals surface area contributed by atoms with Gasteiger partial charge >= 0.3 is 0 Å². The smallest absolute Gasteiger partial charge is 0.0739 e. The van der Waals surface area contributed by atoms with Crippen molar-refractivity contribution < 1.29 is 0 Å². The monoisotopic (exact) mass is 319 g/mol. The SMILES string of the molecule is CCn1nc(C)c(Br)c1CN(CCCl)C1CC1. The van der Waals surface area contributed by atoms with E-state index in [1.807, 2.05) is 6.92 Å². The Kier molecular flexibility index (Phi) is 4.50. The lowest BCUT2D eigenvalue weighted by Gasteiger charge is -2.21. The Balaban J connectivity index is 2.15. The zero-order chi connectivity index (χ0) is 12.4. The van der Waals surface area contributed by atoms with E-state index >= 15 is 0 Å². The minimum Gasteiger partial charge on any atom is -0.293 e. The third kappa shape index (κ3) is 3.04. The van der Waals surface area contributed by atoms with Gasteiger partial charge in [0.2, 0.25) is 0 Å². The van der Waals surface area contributed by atoms with E-state index in [0.717, 1.165) is 35.8 Å². The Morgan fingerprint density at radius 1 is 1.53 bits per heavy atom. The van der Waals surface area contributed by atoms with Gasteiger partial charge in [0.25, 0.3) is 0 Å². The number of aromatic nitrogens is 2. The highest BCUT2D eigenvalue weighted by atomic mass is 79.9. The van der Waals surface area contributed by atoms with Crippen molar-refractivity contribution in [1.29, 1.82) is 0 Å². The highest BCUT2D eigenvalue weighted by Gasteiger charge is 2.29. The van der Waals surface area contributed by atoms with Gasteiger partial charge in [0, 0.05) is 31.6 Å². The summed E-state index contributed by atoms with van der Waals surface area (Å²) in [5.41, 5.74) is 2.35. The van der Waals surface area contributed by atoms with E-state index in [2.05, 4.69) is 37.5 Å². The van der Waals surface area contributed by atoms with Crippen molar-refractivity contribution in [1.82, 2.24) is 14.7 Å². The minimum absolute atomic E-state index is 0.702. The van der Waals surface area contributed by atoms with Gasteiger partial charge in [-0.1, -0.05) is 0 Å². The molecule has 0 aromatic carbocycles. The molecular formula is C12H19BrClN3. The molecule has 0 bridgehead atoms. The normalized spacial score (nSPS) is 15.8. The van der Waals surface area contributed by atoms with Crippen LogP contribution in [0, 0.1) is 6.92 Å². The standard InChI is InChI=1S/C12H19BrClN3/c1-3-17-11(12(13)9(2)15-17)8-16(7-6-14)10-4-5-10/h10H,3-8H2,1-2H3. The number of alkyl halides is 1. The molecule has 0 atom stereocenters. The fourth-order valence-corrected chi connectivity index (χ4v) is 2.78. The second kappa shape index (κ2) is 5.72. The van der Waals surface area contributed by atoms with Crippen LogP contribution in [0.5, 0.6) is 0 Å². The van der Waals surface area contributed by atoms with E-state index < -0.39 is 0 Å². The molecule has 1 saturated carbocycles. The molecule has 3 nitrogen and oxygen atoms in total. The lowest BCUT2D eigenvalue weighted by molar-refractivity contribution is 0.261. The van der Waals surface area contributed by atoms with E-state index in [9.17, 15) is 0 Å². The molecule has 0 saturated heterocycles. The summed E-state index contributed by atoms with van der Waals surface area (Å²) in [5, 5.41) is 4.53. The summed E-state index contributed by atoms with van der Waals surface area (Å²) >= 11 is 9.53. The molecule has 0 aliphatic heterocycles. The van der Waals surface area contributed by atoms with Crippen LogP contribution in [0.4, 0.5) is 0 Å². The van der Waals surface area contributed by atoms with Gasteiger partial charge in [0.05, 0.1) is 15.9 Å². The summed E-state index contributed by atoms with van der Waals surface area (Å²) in [6.45, 7) is 7.01. The van der Waals surface area contributed by atoms with Crippen LogP contribution in [0.15, 0.2) is 4.47 Å². The number of hydrogen-bond acceptors (Lipinski definition) is 2. The average molecular weight is 321 g/mol. The third-order valence-electron chi connectivity index (χ3n) is 3.24. The van der Waals surface area contributed by atoms with Crippen molar-refractivity contribution in [3.05, 3.63) is 15.9 Å². The highest BCUT2D eigenvalue weighted by molar-refractivity contribution is 9.10. The first-order valence-corrected chi connectivity index (χ1v) is 7.52. The van der Waals surface area contributed by atoms with Crippen LogP contribution < -0.4 is 0 Å². The predicted molar refractivity (Wildman–Crippen MR) is 74.5 cm³/mol. The summed E-state index contributed by atoms with van der Waals surface area (Å²) < 4.78 is 3.24. The number of halogens is 2. The van der Waals surface area contributed by atoms with E-state index in [-0.39, 0.29) is 0 Å². The molecule has 1 aliphatic carbocycles. The Bertz CT molecular complexity index is 387. The summed E-state index contributed by atoms with van der Waals surface area (Å²) in [6.07, 6.45) is 2.63. The topological polar surface area (TPSA) is 21.1 Å². The summed E-state index contributed by atoms with van der Waals surface area (Å²) in [6, 6.07) is 0.737. The van der Waals surface area contributed by atoms with Gasteiger partial charge in [-0.2, -0.15) is 5.10 Å². The maximum absolute atomic E-state index is 5.88. The van der Waals surface area contributed by atoms with Crippen molar-refractivity contribution in [2.75, 3.05) is 12.4 Å². The van der Waals surface area contributed by atoms with Crippen molar-refractivity contribution in [2.45, 2.75) is 45.8 Å². The van der Waals surface area contributed by atoms with Crippen LogP contribution in [-0.2, 0) is 13.1 Å². The highest BCUT2D eigenvalue weighted by Crippen LogP contribution is 2.30. The van der Waals surface area contributed by atoms with Gasteiger partial charge < -0.3 is 0 Å². The van der Waals surface area contributed by atoms with Crippen LogP contribution in [0.2, 0.25) is 0 Å². The molecule has 5 heteroatoms. The fourth-order valence-electron chi connectivity index (χ4n) is 2.15. The largest absolute Gasteiger partial charge is 0.293 e. The van der Waals surface area contributed by atoms with Gasteiger partial charge in [0.15, 0.2) is 0 Å². The van der Waals surface area contributed by atoms with E-state index in [1.165, 1.54) is 18.5 Å². The molecular weight excluding hydrogens is 302 g/mol. The summed E-state index contributed by atoms with van der Waals surface area (Å²) in [7, 11) is 0. The first-order chi connectivity index (χ1) is 8.17. The Hall–Kier alpha value is -0.0600. The van der Waals surface area contributed by atoms with Crippen LogP contribution >= 0.6 is 27.5 Å². The Morgan fingerprint density at radius 3 is 2.76 bits per heavy atom. The molecule has 0 N–H and O–H groups in total. The minimum atomic E-state index is 0.702. The van der Waals surface area contributed by atoms with Crippen molar-refractivity contribution >= 4 is 27.5 Å². The zero-order valence-electron chi connectivity index (χ0n) is 10.4. The maximum atomic E-state index is 5.88. The first-order valence-electron chi connectivity index (χ1n) is 6.19. The van der Waals surface area contributed by atoms with Crippen LogP contribution in [0.25, 0.3) is 0 Å². The number of rotatable bonds is 6. The molecule has 1 aliphatic rings. The Labute approximate surface area is 116 Å². The predicted octanol–water partition coefficient (Wildman–Crippen LogP) is 3.18. The number of nitrogens with zero attached hydrogens (tertiary/aromatic N) is 3. The number of aryl methyl sites for hydroxylation is 2. The Morgan fingerprint density at radius 2 is 2.24 bits per heavy atom. The summed E-state index contributed by atoms with van der Waals surface area (Å²) in [4.78, 5) is 2.47. The molecule has 0 amide bonds. The molecule has 17 heavy (non-hydrogen) atoms. The molecule has 2 rings (SSSR count). The first kappa shape index (κ1) is 13.4. The lowest BCUT2D eigenvalue weighted by Crippen LogP contribution is -2.29. The molecule has 1 aromatic heterocycles. The molecule has 96 valence electrons.